The van der Waals surface area contributed by atoms with E-state index in [1.807, 2.05) is 0 Å². The number of carbonyl (C=O) groups is 2. The van der Waals surface area contributed by atoms with Crippen molar-refractivity contribution < 1.29 is 14.3 Å². The Hall–Kier alpha value is -1.10. The van der Waals surface area contributed by atoms with Crippen molar-refractivity contribution in [3.63, 3.8) is 0 Å². The van der Waals surface area contributed by atoms with E-state index in [0.717, 1.165) is 26.2 Å². The molecule has 0 spiro atoms. The summed E-state index contributed by atoms with van der Waals surface area (Å²) in [6, 6.07) is 0.510. The van der Waals surface area contributed by atoms with Crippen molar-refractivity contribution in [2.45, 2.75) is 25.3 Å². The molecule has 16 heavy (non-hydrogen) atoms. The summed E-state index contributed by atoms with van der Waals surface area (Å²) < 4.78 is 4.50. The van der Waals surface area contributed by atoms with E-state index in [-0.39, 0.29) is 12.3 Å². The molecule has 1 unspecified atom stereocenters. The molecular formula is C11H18N2O3. The molecule has 5 nitrogen and oxygen atoms in total. The van der Waals surface area contributed by atoms with Gasteiger partial charge in [-0.1, -0.05) is 0 Å². The van der Waals surface area contributed by atoms with E-state index in [4.69, 9.17) is 0 Å². The fourth-order valence-electron chi connectivity index (χ4n) is 2.53. The van der Waals surface area contributed by atoms with Gasteiger partial charge in [0.15, 0.2) is 0 Å². The first-order valence-corrected chi connectivity index (χ1v) is 5.79. The summed E-state index contributed by atoms with van der Waals surface area (Å²) in [7, 11) is 1.31. The van der Waals surface area contributed by atoms with Gasteiger partial charge in [-0.25, -0.2) is 0 Å². The summed E-state index contributed by atoms with van der Waals surface area (Å²) in [5.41, 5.74) is 0. The molecule has 90 valence electrons. The van der Waals surface area contributed by atoms with Crippen LogP contribution in [0.25, 0.3) is 0 Å². The molecule has 0 aromatic carbocycles. The number of nitrogens with zero attached hydrogens (tertiary/aromatic N) is 2. The van der Waals surface area contributed by atoms with Crippen molar-refractivity contribution in [3.05, 3.63) is 0 Å². The molecule has 0 saturated carbocycles. The van der Waals surface area contributed by atoms with Crippen molar-refractivity contribution in [3.8, 4) is 0 Å². The zero-order valence-electron chi connectivity index (χ0n) is 9.65. The van der Waals surface area contributed by atoms with Gasteiger partial charge in [-0.05, 0) is 19.4 Å². The monoisotopic (exact) mass is 226 g/mol. The number of hydrogen-bond donors (Lipinski definition) is 0. The van der Waals surface area contributed by atoms with Crippen LogP contribution in [0, 0.1) is 0 Å². The Balaban J connectivity index is 1.86. The number of hydrogen-bond acceptors (Lipinski definition) is 4. The Kier molecular flexibility index (Phi) is 3.43. The molecule has 1 amide bonds. The molecule has 2 saturated heterocycles. The number of fused-ring (bicyclic) bond motifs is 1. The smallest absolute Gasteiger partial charge is 0.315 e. The van der Waals surface area contributed by atoms with Crippen molar-refractivity contribution in [1.82, 2.24) is 9.80 Å². The number of ether oxygens (including phenoxy) is 1. The van der Waals surface area contributed by atoms with E-state index in [2.05, 4.69) is 9.64 Å². The highest BCUT2D eigenvalue weighted by Gasteiger charge is 2.32. The zero-order chi connectivity index (χ0) is 11.5. The van der Waals surface area contributed by atoms with Crippen molar-refractivity contribution in [2.24, 2.45) is 0 Å². The summed E-state index contributed by atoms with van der Waals surface area (Å²) >= 11 is 0. The average molecular weight is 226 g/mol. The van der Waals surface area contributed by atoms with Crippen molar-refractivity contribution >= 4 is 11.9 Å². The first kappa shape index (κ1) is 11.4. The topological polar surface area (TPSA) is 49.9 Å². The zero-order valence-corrected chi connectivity index (χ0v) is 9.65. The summed E-state index contributed by atoms with van der Waals surface area (Å²) in [5.74, 6) is -0.544. The van der Waals surface area contributed by atoms with E-state index in [0.29, 0.717) is 6.04 Å². The van der Waals surface area contributed by atoms with Crippen LogP contribution in [-0.4, -0.2) is 61.0 Å². The van der Waals surface area contributed by atoms with Crippen LogP contribution in [0.4, 0.5) is 0 Å². The number of amides is 1. The molecule has 5 heteroatoms. The maximum absolute atomic E-state index is 11.8. The molecule has 1 atom stereocenters. The SMILES string of the molecule is COC(=O)CC(=O)N1CCN2CCCC2C1. The predicted octanol–water partition coefficient (Wildman–Crippen LogP) is -0.144. The van der Waals surface area contributed by atoms with Crippen LogP contribution in [0.5, 0.6) is 0 Å². The van der Waals surface area contributed by atoms with Gasteiger partial charge in [-0.3, -0.25) is 14.5 Å². The molecule has 2 fully saturated rings. The summed E-state index contributed by atoms with van der Waals surface area (Å²) in [6.45, 7) is 3.61. The molecule has 2 aliphatic heterocycles. The second-order valence-electron chi connectivity index (χ2n) is 4.42. The lowest BCUT2D eigenvalue weighted by atomic mass is 10.1. The largest absolute Gasteiger partial charge is 0.469 e. The molecule has 2 heterocycles. The normalized spacial score (nSPS) is 25.3. The summed E-state index contributed by atoms with van der Waals surface area (Å²) in [6.07, 6.45) is 2.27. The number of carbonyl (C=O) groups excluding carboxylic acids is 2. The van der Waals surface area contributed by atoms with Crippen LogP contribution in [0.3, 0.4) is 0 Å². The number of piperazine rings is 1. The minimum atomic E-state index is -0.446. The minimum Gasteiger partial charge on any atom is -0.469 e. The van der Waals surface area contributed by atoms with Gasteiger partial charge in [0.05, 0.1) is 7.11 Å². The number of methoxy groups -OCH3 is 1. The first-order chi connectivity index (χ1) is 7.70. The summed E-state index contributed by atoms with van der Waals surface area (Å²) in [4.78, 5) is 27.0. The van der Waals surface area contributed by atoms with Gasteiger partial charge in [0, 0.05) is 25.7 Å². The highest BCUT2D eigenvalue weighted by molar-refractivity contribution is 5.94. The van der Waals surface area contributed by atoms with Crippen LogP contribution >= 0.6 is 0 Å². The molecular weight excluding hydrogens is 208 g/mol. The Morgan fingerprint density at radius 2 is 2.12 bits per heavy atom. The maximum atomic E-state index is 11.8. The standard InChI is InChI=1S/C11H18N2O3/c1-16-11(15)7-10(14)13-6-5-12-4-2-3-9(12)8-13/h9H,2-8H2,1H3. The second-order valence-corrected chi connectivity index (χ2v) is 4.42. The van der Waals surface area contributed by atoms with Gasteiger partial charge in [0.2, 0.25) is 5.91 Å². The molecule has 2 rings (SSSR count). The Morgan fingerprint density at radius 3 is 2.88 bits per heavy atom. The fourth-order valence-corrected chi connectivity index (χ4v) is 2.53. The quantitative estimate of drug-likeness (QED) is 0.485. The van der Waals surface area contributed by atoms with Crippen LogP contribution < -0.4 is 0 Å². The van der Waals surface area contributed by atoms with E-state index in [1.165, 1.54) is 20.0 Å². The van der Waals surface area contributed by atoms with Gasteiger partial charge in [0.1, 0.15) is 6.42 Å². The Labute approximate surface area is 95.3 Å². The van der Waals surface area contributed by atoms with E-state index in [1.54, 1.807) is 4.90 Å². The van der Waals surface area contributed by atoms with Crippen LogP contribution in [0.1, 0.15) is 19.3 Å². The van der Waals surface area contributed by atoms with Gasteiger partial charge >= 0.3 is 5.97 Å². The molecule has 2 aliphatic rings. The van der Waals surface area contributed by atoms with Crippen LogP contribution in [0.2, 0.25) is 0 Å². The first-order valence-electron chi connectivity index (χ1n) is 5.79. The number of esters is 1. The van der Waals surface area contributed by atoms with Crippen molar-refractivity contribution in [1.29, 1.82) is 0 Å². The Morgan fingerprint density at radius 1 is 1.31 bits per heavy atom. The molecule has 0 aromatic rings. The van der Waals surface area contributed by atoms with Gasteiger partial charge in [-0.15, -0.1) is 0 Å². The molecule has 0 aliphatic carbocycles. The van der Waals surface area contributed by atoms with Gasteiger partial charge < -0.3 is 9.64 Å². The molecule has 0 radical (unpaired) electrons. The lowest BCUT2D eigenvalue weighted by Crippen LogP contribution is -2.52. The van der Waals surface area contributed by atoms with Crippen LogP contribution in [0.15, 0.2) is 0 Å². The molecule has 0 bridgehead atoms. The van der Waals surface area contributed by atoms with E-state index < -0.39 is 5.97 Å². The highest BCUT2D eigenvalue weighted by atomic mass is 16.5. The van der Waals surface area contributed by atoms with Gasteiger partial charge in [0.25, 0.3) is 0 Å². The van der Waals surface area contributed by atoms with Gasteiger partial charge in [-0.2, -0.15) is 0 Å². The highest BCUT2D eigenvalue weighted by Crippen LogP contribution is 2.21. The summed E-state index contributed by atoms with van der Waals surface area (Å²) in [5, 5.41) is 0. The van der Waals surface area contributed by atoms with Crippen LogP contribution in [-0.2, 0) is 14.3 Å². The third-order valence-electron chi connectivity index (χ3n) is 3.46. The minimum absolute atomic E-state index is 0.0987. The molecule has 0 N–H and O–H groups in total. The van der Waals surface area contributed by atoms with Crippen molar-refractivity contribution in [2.75, 3.05) is 33.3 Å². The number of rotatable bonds is 2. The third kappa shape index (κ3) is 2.35. The fraction of sp³-hybridized carbons (Fsp3) is 0.818. The second kappa shape index (κ2) is 4.82. The maximum Gasteiger partial charge on any atom is 0.315 e. The lowest BCUT2D eigenvalue weighted by Gasteiger charge is -2.37. The average Bonchev–Trinajstić information content (AvgIpc) is 2.75. The van der Waals surface area contributed by atoms with E-state index >= 15 is 0 Å². The third-order valence-corrected chi connectivity index (χ3v) is 3.46. The van der Waals surface area contributed by atoms with E-state index in [9.17, 15) is 9.59 Å². The lowest BCUT2D eigenvalue weighted by molar-refractivity contribution is -0.147. The predicted molar refractivity (Wildman–Crippen MR) is 57.8 cm³/mol. The molecule has 0 aromatic heterocycles. The Bertz CT molecular complexity index is 293.